The van der Waals surface area contributed by atoms with Crippen LogP contribution in [0.1, 0.15) is 23.1 Å². The maximum Gasteiger partial charge on any atom is 0.105 e. The van der Waals surface area contributed by atoms with E-state index in [1.807, 2.05) is 55.1 Å². The zero-order valence-electron chi connectivity index (χ0n) is 11.4. The molecule has 0 spiro atoms. The first-order chi connectivity index (χ1) is 9.81. The average molecular weight is 268 g/mol. The minimum absolute atomic E-state index is 0.0102. The van der Waals surface area contributed by atoms with Crippen molar-refractivity contribution in [3.63, 3.8) is 0 Å². The van der Waals surface area contributed by atoms with Gasteiger partial charge in [0.15, 0.2) is 0 Å². The molecule has 0 amide bonds. The van der Waals surface area contributed by atoms with Crippen LogP contribution in [0.5, 0.6) is 0 Å². The summed E-state index contributed by atoms with van der Waals surface area (Å²) in [6.07, 6.45) is 3.48. The summed E-state index contributed by atoms with van der Waals surface area (Å²) in [5.74, 6) is 0.894. The summed E-state index contributed by atoms with van der Waals surface area (Å²) < 4.78 is 7.24. The van der Waals surface area contributed by atoms with E-state index in [0.717, 1.165) is 22.7 Å². The summed E-state index contributed by atoms with van der Waals surface area (Å²) in [6.45, 7) is 1.95. The number of rotatable bonds is 4. The molecular weight excluding hydrogens is 252 g/mol. The summed E-state index contributed by atoms with van der Waals surface area (Å²) in [7, 11) is 1.92. The molecule has 3 aromatic rings. The number of benzene rings is 1. The van der Waals surface area contributed by atoms with Gasteiger partial charge in [-0.15, -0.1) is 5.10 Å². The van der Waals surface area contributed by atoms with E-state index in [0.29, 0.717) is 0 Å². The van der Waals surface area contributed by atoms with Crippen LogP contribution in [-0.4, -0.2) is 22.0 Å². The van der Waals surface area contributed by atoms with Crippen molar-refractivity contribution in [3.05, 3.63) is 65.9 Å². The quantitative estimate of drug-likeness (QED) is 0.789. The first-order valence-corrected chi connectivity index (χ1v) is 6.48. The Morgan fingerprint density at radius 2 is 2.00 bits per heavy atom. The van der Waals surface area contributed by atoms with E-state index in [-0.39, 0.29) is 6.04 Å². The van der Waals surface area contributed by atoms with E-state index in [1.54, 1.807) is 12.5 Å². The van der Waals surface area contributed by atoms with E-state index in [4.69, 9.17) is 4.42 Å². The molecule has 0 aliphatic heterocycles. The number of nitrogens with one attached hydrogen (secondary N) is 1. The first kappa shape index (κ1) is 12.6. The lowest BCUT2D eigenvalue weighted by molar-refractivity contribution is 0.520. The number of hydrogen-bond acceptors (Lipinski definition) is 4. The molecule has 5 nitrogen and oxygen atoms in total. The Kier molecular flexibility index (Phi) is 3.35. The van der Waals surface area contributed by atoms with Gasteiger partial charge in [-0.1, -0.05) is 23.4 Å². The van der Waals surface area contributed by atoms with Gasteiger partial charge in [0.25, 0.3) is 0 Å². The van der Waals surface area contributed by atoms with Gasteiger partial charge in [-0.05, 0) is 32.2 Å². The molecule has 0 aliphatic rings. The third-order valence-corrected chi connectivity index (χ3v) is 3.37. The van der Waals surface area contributed by atoms with Gasteiger partial charge < -0.3 is 9.73 Å². The van der Waals surface area contributed by atoms with Crippen LogP contribution in [0.2, 0.25) is 0 Å². The van der Waals surface area contributed by atoms with E-state index in [9.17, 15) is 0 Å². The predicted molar refractivity (Wildman–Crippen MR) is 75.7 cm³/mol. The molecule has 0 fully saturated rings. The van der Waals surface area contributed by atoms with Crippen LogP contribution in [0.4, 0.5) is 0 Å². The highest BCUT2D eigenvalue weighted by molar-refractivity contribution is 5.35. The highest BCUT2D eigenvalue weighted by Gasteiger charge is 2.21. The number of furan rings is 1. The normalized spacial score (nSPS) is 12.5. The second-order valence-corrected chi connectivity index (χ2v) is 4.56. The molecule has 5 heteroatoms. The molecule has 0 saturated heterocycles. The summed E-state index contributed by atoms with van der Waals surface area (Å²) in [5.41, 5.74) is 3.05. The molecule has 0 bridgehead atoms. The minimum Gasteiger partial charge on any atom is -0.469 e. The van der Waals surface area contributed by atoms with E-state index < -0.39 is 0 Å². The van der Waals surface area contributed by atoms with Crippen molar-refractivity contribution in [2.75, 3.05) is 7.05 Å². The van der Waals surface area contributed by atoms with Crippen LogP contribution in [0, 0.1) is 6.92 Å². The van der Waals surface area contributed by atoms with Crippen LogP contribution in [0.15, 0.2) is 53.3 Å². The van der Waals surface area contributed by atoms with E-state index in [1.165, 1.54) is 0 Å². The Hall–Kier alpha value is -2.40. The predicted octanol–water partition coefficient (Wildman–Crippen LogP) is 2.48. The molecule has 2 aromatic heterocycles. The largest absolute Gasteiger partial charge is 0.469 e. The fourth-order valence-electron chi connectivity index (χ4n) is 2.37. The molecule has 0 radical (unpaired) electrons. The van der Waals surface area contributed by atoms with Crippen molar-refractivity contribution >= 4 is 0 Å². The molecule has 1 unspecified atom stereocenters. The van der Waals surface area contributed by atoms with Crippen molar-refractivity contribution in [1.82, 2.24) is 20.3 Å². The summed E-state index contributed by atoms with van der Waals surface area (Å²) in [5, 5.41) is 11.5. The van der Waals surface area contributed by atoms with Crippen molar-refractivity contribution in [2.24, 2.45) is 0 Å². The number of aromatic nitrogens is 3. The standard InChI is InChI=1S/C15H16N4O/c1-11-13(8-9-20-11)15(16-2)14-10-17-18-19(14)12-6-4-3-5-7-12/h3-10,15-16H,1-2H3. The van der Waals surface area contributed by atoms with Gasteiger partial charge in [-0.2, -0.15) is 0 Å². The van der Waals surface area contributed by atoms with Crippen molar-refractivity contribution < 1.29 is 4.42 Å². The minimum atomic E-state index is -0.0102. The molecule has 1 N–H and O–H groups in total. The topological polar surface area (TPSA) is 55.9 Å². The lowest BCUT2D eigenvalue weighted by Gasteiger charge is -2.16. The summed E-state index contributed by atoms with van der Waals surface area (Å²) in [6, 6.07) is 11.9. The van der Waals surface area contributed by atoms with Gasteiger partial charge in [0.1, 0.15) is 5.76 Å². The molecule has 3 rings (SSSR count). The number of hydrogen-bond donors (Lipinski definition) is 1. The van der Waals surface area contributed by atoms with E-state index >= 15 is 0 Å². The van der Waals surface area contributed by atoms with E-state index in [2.05, 4.69) is 15.6 Å². The molecule has 1 aromatic carbocycles. The third kappa shape index (κ3) is 2.12. The second-order valence-electron chi connectivity index (χ2n) is 4.56. The van der Waals surface area contributed by atoms with Gasteiger partial charge in [0.05, 0.1) is 29.9 Å². The highest BCUT2D eigenvalue weighted by atomic mass is 16.3. The summed E-state index contributed by atoms with van der Waals surface area (Å²) >= 11 is 0. The lowest BCUT2D eigenvalue weighted by atomic mass is 10.1. The summed E-state index contributed by atoms with van der Waals surface area (Å²) in [4.78, 5) is 0. The van der Waals surface area contributed by atoms with Crippen LogP contribution in [0.25, 0.3) is 5.69 Å². The van der Waals surface area contributed by atoms with Crippen LogP contribution in [-0.2, 0) is 0 Å². The first-order valence-electron chi connectivity index (χ1n) is 6.48. The fourth-order valence-corrected chi connectivity index (χ4v) is 2.37. The average Bonchev–Trinajstić information content (AvgIpc) is 3.11. The van der Waals surface area contributed by atoms with Crippen molar-refractivity contribution in [1.29, 1.82) is 0 Å². The zero-order valence-corrected chi connectivity index (χ0v) is 11.4. The van der Waals surface area contributed by atoms with Gasteiger partial charge in [0.2, 0.25) is 0 Å². The maximum absolute atomic E-state index is 5.40. The molecule has 102 valence electrons. The van der Waals surface area contributed by atoms with Gasteiger partial charge in [-0.3, -0.25) is 0 Å². The monoisotopic (exact) mass is 268 g/mol. The van der Waals surface area contributed by atoms with Gasteiger partial charge in [-0.25, -0.2) is 4.68 Å². The number of para-hydroxylation sites is 1. The number of nitrogens with zero attached hydrogens (tertiary/aromatic N) is 3. The molecular formula is C15H16N4O. The molecule has 2 heterocycles. The van der Waals surface area contributed by atoms with Crippen molar-refractivity contribution in [3.8, 4) is 5.69 Å². The Morgan fingerprint density at radius 3 is 2.65 bits per heavy atom. The number of aryl methyl sites for hydroxylation is 1. The zero-order chi connectivity index (χ0) is 13.9. The van der Waals surface area contributed by atoms with Crippen LogP contribution < -0.4 is 5.32 Å². The lowest BCUT2D eigenvalue weighted by Crippen LogP contribution is -2.21. The Balaban J connectivity index is 2.07. The third-order valence-electron chi connectivity index (χ3n) is 3.37. The van der Waals surface area contributed by atoms with Crippen molar-refractivity contribution in [2.45, 2.75) is 13.0 Å². The van der Waals surface area contributed by atoms with Gasteiger partial charge in [0, 0.05) is 5.56 Å². The smallest absolute Gasteiger partial charge is 0.105 e. The Morgan fingerprint density at radius 1 is 1.20 bits per heavy atom. The molecule has 20 heavy (non-hydrogen) atoms. The maximum atomic E-state index is 5.40. The molecule has 0 saturated carbocycles. The van der Waals surface area contributed by atoms with Gasteiger partial charge >= 0.3 is 0 Å². The molecule has 1 atom stereocenters. The fraction of sp³-hybridized carbons (Fsp3) is 0.200. The Bertz CT molecular complexity index is 687. The second kappa shape index (κ2) is 5.30. The van der Waals surface area contributed by atoms with Crippen LogP contribution >= 0.6 is 0 Å². The molecule has 0 aliphatic carbocycles. The SMILES string of the molecule is CNC(c1ccoc1C)c1cnnn1-c1ccccc1. The Labute approximate surface area is 117 Å². The van der Waals surface area contributed by atoms with Crippen LogP contribution in [0.3, 0.4) is 0 Å². The highest BCUT2D eigenvalue weighted by Crippen LogP contribution is 2.26.